The maximum absolute atomic E-state index is 12.6. The Hall–Kier alpha value is -0.770. The molecule has 1 unspecified atom stereocenters. The highest BCUT2D eigenvalue weighted by Crippen LogP contribution is 2.27. The molecule has 1 saturated heterocycles. The molecule has 23 heavy (non-hydrogen) atoms. The fraction of sp³-hybridized carbons (Fsp3) is 0.611. The highest BCUT2D eigenvalue weighted by molar-refractivity contribution is 6.35. The standard InChI is InChI=1S/C18H24Cl2N2O/c19-15-7-4-8-16(20)14(15)9-11-21-17-10-12-22(18(17)23)13-5-2-1-3-6-13/h4,7-8,13,17,21H,1-3,5-6,9-12H2. The molecule has 5 heteroatoms. The summed E-state index contributed by atoms with van der Waals surface area (Å²) in [5, 5.41) is 4.79. The van der Waals surface area contributed by atoms with Crippen LogP contribution in [0.25, 0.3) is 0 Å². The van der Waals surface area contributed by atoms with Crippen molar-refractivity contribution in [1.82, 2.24) is 10.2 Å². The van der Waals surface area contributed by atoms with E-state index in [4.69, 9.17) is 23.2 Å². The van der Waals surface area contributed by atoms with Crippen LogP contribution in [-0.2, 0) is 11.2 Å². The molecular weight excluding hydrogens is 331 g/mol. The van der Waals surface area contributed by atoms with Crippen molar-refractivity contribution < 1.29 is 4.79 Å². The Morgan fingerprint density at radius 3 is 2.48 bits per heavy atom. The third kappa shape index (κ3) is 4.01. The van der Waals surface area contributed by atoms with Crippen LogP contribution in [0.15, 0.2) is 18.2 Å². The van der Waals surface area contributed by atoms with Crippen molar-refractivity contribution in [3.8, 4) is 0 Å². The lowest BCUT2D eigenvalue weighted by atomic mass is 9.94. The van der Waals surface area contributed by atoms with Crippen LogP contribution in [0.2, 0.25) is 10.0 Å². The van der Waals surface area contributed by atoms with Gasteiger partial charge in [0.15, 0.2) is 0 Å². The molecule has 2 aliphatic rings. The number of hydrogen-bond donors (Lipinski definition) is 1. The van der Waals surface area contributed by atoms with E-state index < -0.39 is 0 Å². The average molecular weight is 355 g/mol. The van der Waals surface area contributed by atoms with Crippen LogP contribution >= 0.6 is 23.2 Å². The highest BCUT2D eigenvalue weighted by Gasteiger charge is 2.35. The molecule has 1 heterocycles. The van der Waals surface area contributed by atoms with E-state index in [1.807, 2.05) is 18.2 Å². The fourth-order valence-electron chi connectivity index (χ4n) is 3.79. The SMILES string of the molecule is O=C1C(NCCc2c(Cl)cccc2Cl)CCN1C1CCCCC1. The summed E-state index contributed by atoms with van der Waals surface area (Å²) in [6.07, 6.45) is 7.84. The molecule has 1 aromatic rings. The van der Waals surface area contributed by atoms with Gasteiger partial charge < -0.3 is 10.2 Å². The molecule has 1 atom stereocenters. The number of carbonyl (C=O) groups is 1. The van der Waals surface area contributed by atoms with Gasteiger partial charge in [-0.2, -0.15) is 0 Å². The lowest BCUT2D eigenvalue weighted by molar-refractivity contribution is -0.131. The number of nitrogens with one attached hydrogen (secondary N) is 1. The molecule has 0 aromatic heterocycles. The van der Waals surface area contributed by atoms with Gasteiger partial charge in [-0.3, -0.25) is 4.79 Å². The Morgan fingerprint density at radius 1 is 1.09 bits per heavy atom. The van der Waals surface area contributed by atoms with E-state index in [1.54, 1.807) is 0 Å². The van der Waals surface area contributed by atoms with Gasteiger partial charge in [0.2, 0.25) is 5.91 Å². The molecule has 3 rings (SSSR count). The average Bonchev–Trinajstić information content (AvgIpc) is 2.92. The molecular formula is C18H24Cl2N2O. The third-order valence-corrected chi connectivity index (χ3v) is 5.79. The van der Waals surface area contributed by atoms with Gasteiger partial charge in [0.25, 0.3) is 0 Å². The molecule has 3 nitrogen and oxygen atoms in total. The van der Waals surface area contributed by atoms with E-state index in [0.29, 0.717) is 16.1 Å². The number of nitrogens with zero attached hydrogens (tertiary/aromatic N) is 1. The smallest absolute Gasteiger partial charge is 0.240 e. The van der Waals surface area contributed by atoms with Crippen LogP contribution in [0.1, 0.15) is 44.1 Å². The summed E-state index contributed by atoms with van der Waals surface area (Å²) in [6, 6.07) is 5.99. The number of hydrogen-bond acceptors (Lipinski definition) is 2. The van der Waals surface area contributed by atoms with Gasteiger partial charge in [-0.25, -0.2) is 0 Å². The summed E-state index contributed by atoms with van der Waals surface area (Å²) >= 11 is 12.4. The Bertz CT molecular complexity index is 538. The molecule has 0 bridgehead atoms. The number of amides is 1. The summed E-state index contributed by atoms with van der Waals surface area (Å²) < 4.78 is 0. The van der Waals surface area contributed by atoms with Crippen LogP contribution < -0.4 is 5.32 Å². The molecule has 126 valence electrons. The molecule has 1 aliphatic heterocycles. The van der Waals surface area contributed by atoms with E-state index in [1.165, 1.54) is 32.1 Å². The van der Waals surface area contributed by atoms with E-state index in [2.05, 4.69) is 10.2 Å². The molecule has 1 saturated carbocycles. The number of rotatable bonds is 5. The minimum Gasteiger partial charge on any atom is -0.338 e. The van der Waals surface area contributed by atoms with E-state index in [-0.39, 0.29) is 11.9 Å². The second-order valence-electron chi connectivity index (χ2n) is 6.57. The molecule has 2 fully saturated rings. The van der Waals surface area contributed by atoms with Crippen LogP contribution in [0.4, 0.5) is 0 Å². The largest absolute Gasteiger partial charge is 0.338 e. The second kappa shape index (κ2) is 7.87. The molecule has 1 aromatic carbocycles. The fourth-order valence-corrected chi connectivity index (χ4v) is 4.38. The Balaban J connectivity index is 1.50. The van der Waals surface area contributed by atoms with Crippen molar-refractivity contribution in [3.63, 3.8) is 0 Å². The molecule has 1 amide bonds. The van der Waals surface area contributed by atoms with E-state index in [0.717, 1.165) is 31.5 Å². The van der Waals surface area contributed by atoms with Gasteiger partial charge in [0.1, 0.15) is 0 Å². The van der Waals surface area contributed by atoms with Crippen molar-refractivity contribution in [2.24, 2.45) is 0 Å². The predicted molar refractivity (Wildman–Crippen MR) is 95.2 cm³/mol. The molecule has 0 radical (unpaired) electrons. The van der Waals surface area contributed by atoms with Gasteiger partial charge in [0, 0.05) is 29.2 Å². The minimum atomic E-state index is -0.0433. The first-order valence-corrected chi connectivity index (χ1v) is 9.39. The van der Waals surface area contributed by atoms with E-state index in [9.17, 15) is 4.79 Å². The number of likely N-dealkylation sites (tertiary alicyclic amines) is 1. The normalized spacial score (nSPS) is 22.8. The molecule has 1 N–H and O–H groups in total. The second-order valence-corrected chi connectivity index (χ2v) is 7.38. The van der Waals surface area contributed by atoms with Crippen LogP contribution in [0.3, 0.4) is 0 Å². The maximum Gasteiger partial charge on any atom is 0.240 e. The Morgan fingerprint density at radius 2 is 1.78 bits per heavy atom. The summed E-state index contributed by atoms with van der Waals surface area (Å²) in [6.45, 7) is 1.62. The quantitative estimate of drug-likeness (QED) is 0.864. The van der Waals surface area contributed by atoms with Crippen molar-refractivity contribution >= 4 is 29.1 Å². The van der Waals surface area contributed by atoms with Crippen molar-refractivity contribution in [2.75, 3.05) is 13.1 Å². The monoisotopic (exact) mass is 354 g/mol. The van der Waals surface area contributed by atoms with Gasteiger partial charge >= 0.3 is 0 Å². The third-order valence-electron chi connectivity index (χ3n) is 5.08. The summed E-state index contributed by atoms with van der Waals surface area (Å²) in [7, 11) is 0. The first-order chi connectivity index (χ1) is 11.2. The van der Waals surface area contributed by atoms with Gasteiger partial charge in [-0.05, 0) is 43.4 Å². The lowest BCUT2D eigenvalue weighted by Crippen LogP contribution is -2.43. The van der Waals surface area contributed by atoms with Gasteiger partial charge in [-0.15, -0.1) is 0 Å². The van der Waals surface area contributed by atoms with Gasteiger partial charge in [-0.1, -0.05) is 48.5 Å². The topological polar surface area (TPSA) is 32.3 Å². The predicted octanol–water partition coefficient (Wildman–Crippen LogP) is 4.06. The van der Waals surface area contributed by atoms with Gasteiger partial charge in [0.05, 0.1) is 6.04 Å². The van der Waals surface area contributed by atoms with Crippen LogP contribution in [0.5, 0.6) is 0 Å². The Kier molecular flexibility index (Phi) is 5.84. The zero-order valence-electron chi connectivity index (χ0n) is 13.4. The number of halogens is 2. The summed E-state index contributed by atoms with van der Waals surface area (Å²) in [5.74, 6) is 0.280. The number of benzene rings is 1. The first kappa shape index (κ1) is 17.1. The summed E-state index contributed by atoms with van der Waals surface area (Å²) in [4.78, 5) is 14.7. The van der Waals surface area contributed by atoms with Crippen molar-refractivity contribution in [3.05, 3.63) is 33.8 Å². The van der Waals surface area contributed by atoms with Crippen LogP contribution in [0, 0.1) is 0 Å². The first-order valence-electron chi connectivity index (χ1n) is 8.63. The Labute approximate surface area is 148 Å². The summed E-state index contributed by atoms with van der Waals surface area (Å²) in [5.41, 5.74) is 0.956. The van der Waals surface area contributed by atoms with Crippen LogP contribution in [-0.4, -0.2) is 36.0 Å². The maximum atomic E-state index is 12.6. The lowest BCUT2D eigenvalue weighted by Gasteiger charge is -2.31. The molecule has 0 spiro atoms. The highest BCUT2D eigenvalue weighted by atomic mass is 35.5. The van der Waals surface area contributed by atoms with Crippen molar-refractivity contribution in [2.45, 2.75) is 57.0 Å². The van der Waals surface area contributed by atoms with E-state index >= 15 is 0 Å². The number of carbonyl (C=O) groups excluding carboxylic acids is 1. The molecule has 1 aliphatic carbocycles. The minimum absolute atomic E-state index is 0.0433. The van der Waals surface area contributed by atoms with Crippen molar-refractivity contribution in [1.29, 1.82) is 0 Å². The zero-order valence-corrected chi connectivity index (χ0v) is 14.9. The zero-order chi connectivity index (χ0) is 16.2.